The second-order valence-corrected chi connectivity index (χ2v) is 5.70. The van der Waals surface area contributed by atoms with Crippen LogP contribution >= 0.6 is 0 Å². The Morgan fingerprint density at radius 2 is 1.93 bits per heavy atom. The zero-order chi connectivity index (χ0) is 20.6. The number of amides is 1. The fraction of sp³-hybridized carbons (Fsp3) is 0.111. The minimum atomic E-state index is -0.630. The van der Waals surface area contributed by atoms with E-state index in [-0.39, 0.29) is 17.2 Å². The first-order valence-electron chi connectivity index (χ1n) is 8.41. The molecule has 29 heavy (non-hydrogen) atoms. The van der Waals surface area contributed by atoms with E-state index < -0.39 is 16.5 Å². The molecule has 2 aromatic heterocycles. The molecule has 0 bridgehead atoms. The lowest BCUT2D eigenvalue weighted by Gasteiger charge is -2.11. The van der Waals surface area contributed by atoms with Crippen LogP contribution in [0.15, 0.2) is 55.1 Å². The predicted octanol–water partition coefficient (Wildman–Crippen LogP) is 2.16. The smallest absolute Gasteiger partial charge is 0.354 e. The summed E-state index contributed by atoms with van der Waals surface area (Å²) >= 11 is 0. The Labute approximate surface area is 165 Å². The average molecular weight is 395 g/mol. The van der Waals surface area contributed by atoms with Gasteiger partial charge in [-0.2, -0.15) is 0 Å². The molecule has 0 aliphatic heterocycles. The number of hydrazine groups is 1. The van der Waals surface area contributed by atoms with Crippen molar-refractivity contribution < 1.29 is 14.5 Å². The highest BCUT2D eigenvalue weighted by Crippen LogP contribution is 2.28. The lowest BCUT2D eigenvalue weighted by molar-refractivity contribution is -0.383. The Hall–Kier alpha value is -4.28. The van der Waals surface area contributed by atoms with Crippen LogP contribution in [-0.4, -0.2) is 32.9 Å². The van der Waals surface area contributed by atoms with Crippen LogP contribution in [0.25, 0.3) is 0 Å². The van der Waals surface area contributed by atoms with Crippen LogP contribution in [0.3, 0.4) is 0 Å². The highest BCUT2D eigenvalue weighted by Gasteiger charge is 2.23. The van der Waals surface area contributed by atoms with Gasteiger partial charge >= 0.3 is 5.69 Å². The molecule has 11 nitrogen and oxygen atoms in total. The molecular weight excluding hydrogens is 378 g/mol. The minimum absolute atomic E-state index is 0.0129. The van der Waals surface area contributed by atoms with Crippen LogP contribution in [0, 0.1) is 10.1 Å². The number of benzene rings is 1. The van der Waals surface area contributed by atoms with Gasteiger partial charge in [-0.25, -0.2) is 9.97 Å². The molecule has 0 radical (unpaired) electrons. The van der Waals surface area contributed by atoms with Gasteiger partial charge in [0.2, 0.25) is 11.6 Å². The van der Waals surface area contributed by atoms with Gasteiger partial charge in [0.05, 0.1) is 17.6 Å². The highest BCUT2D eigenvalue weighted by atomic mass is 16.6. The molecule has 0 saturated heterocycles. The van der Waals surface area contributed by atoms with Gasteiger partial charge in [-0.05, 0) is 29.8 Å². The van der Waals surface area contributed by atoms with Gasteiger partial charge in [-0.15, -0.1) is 0 Å². The standard InChI is InChI=1S/C18H17N7O4/c1-29-14-6-4-12(5-7-14)9-20-16-15(25(27)28)17(22-11-21-16)23-24-18(26)13-3-2-8-19-10-13/h2-8,10-11H,9H2,1H3,(H,24,26)(H2,20,21,22,23). The monoisotopic (exact) mass is 395 g/mol. The number of anilines is 2. The maximum absolute atomic E-state index is 12.1. The molecule has 3 rings (SSSR count). The van der Waals surface area contributed by atoms with E-state index in [1.54, 1.807) is 31.4 Å². The number of methoxy groups -OCH3 is 1. The van der Waals surface area contributed by atoms with Gasteiger partial charge in [0, 0.05) is 18.9 Å². The fourth-order valence-electron chi connectivity index (χ4n) is 2.39. The summed E-state index contributed by atoms with van der Waals surface area (Å²) in [5.74, 6) is 0.0507. The molecule has 0 saturated carbocycles. The molecule has 0 spiro atoms. The first kappa shape index (κ1) is 19.5. The number of pyridine rings is 1. The van der Waals surface area contributed by atoms with Crippen LogP contribution < -0.4 is 20.9 Å². The molecule has 1 amide bonds. The third-order valence-corrected chi connectivity index (χ3v) is 3.84. The van der Waals surface area contributed by atoms with E-state index in [9.17, 15) is 14.9 Å². The van der Waals surface area contributed by atoms with Crippen molar-refractivity contribution in [1.29, 1.82) is 0 Å². The summed E-state index contributed by atoms with van der Waals surface area (Å²) in [4.78, 5) is 34.7. The fourth-order valence-corrected chi connectivity index (χ4v) is 2.39. The molecule has 0 unspecified atom stereocenters. The third kappa shape index (κ3) is 4.91. The van der Waals surface area contributed by atoms with Crippen LogP contribution in [-0.2, 0) is 6.54 Å². The van der Waals surface area contributed by atoms with E-state index in [1.807, 2.05) is 12.1 Å². The lowest BCUT2D eigenvalue weighted by atomic mass is 10.2. The largest absolute Gasteiger partial charge is 0.497 e. The van der Waals surface area contributed by atoms with E-state index in [0.29, 0.717) is 12.3 Å². The summed E-state index contributed by atoms with van der Waals surface area (Å²) in [5.41, 5.74) is 5.59. The van der Waals surface area contributed by atoms with E-state index >= 15 is 0 Å². The van der Waals surface area contributed by atoms with Crippen molar-refractivity contribution in [1.82, 2.24) is 20.4 Å². The highest BCUT2D eigenvalue weighted by molar-refractivity contribution is 5.94. The van der Waals surface area contributed by atoms with E-state index in [4.69, 9.17) is 4.74 Å². The van der Waals surface area contributed by atoms with Crippen molar-refractivity contribution in [3.63, 3.8) is 0 Å². The van der Waals surface area contributed by atoms with Crippen molar-refractivity contribution in [3.8, 4) is 5.75 Å². The maximum Gasteiger partial charge on any atom is 0.354 e. The number of nitrogens with zero attached hydrogens (tertiary/aromatic N) is 4. The molecule has 1 aromatic carbocycles. The number of rotatable bonds is 8. The quantitative estimate of drug-likeness (QED) is 0.386. The van der Waals surface area contributed by atoms with Crippen LogP contribution in [0.1, 0.15) is 15.9 Å². The van der Waals surface area contributed by atoms with Gasteiger partial charge < -0.3 is 10.1 Å². The Bertz CT molecular complexity index is 997. The first-order valence-corrected chi connectivity index (χ1v) is 8.41. The van der Waals surface area contributed by atoms with Crippen molar-refractivity contribution in [2.75, 3.05) is 17.9 Å². The zero-order valence-corrected chi connectivity index (χ0v) is 15.3. The summed E-state index contributed by atoms with van der Waals surface area (Å²) in [6.45, 7) is 0.295. The SMILES string of the molecule is COc1ccc(CNc2ncnc(NNC(=O)c3cccnc3)c2[N+](=O)[O-])cc1. The number of aromatic nitrogens is 3. The summed E-state index contributed by atoms with van der Waals surface area (Å²) < 4.78 is 5.10. The molecule has 3 N–H and O–H groups in total. The summed E-state index contributed by atoms with van der Waals surface area (Å²) in [7, 11) is 1.57. The Kier molecular flexibility index (Phi) is 6.10. The number of carbonyl (C=O) groups is 1. The van der Waals surface area contributed by atoms with E-state index in [0.717, 1.165) is 11.9 Å². The van der Waals surface area contributed by atoms with Crippen molar-refractivity contribution in [2.45, 2.75) is 6.54 Å². The Morgan fingerprint density at radius 3 is 2.59 bits per heavy atom. The number of hydrogen-bond donors (Lipinski definition) is 3. The summed E-state index contributed by atoms with van der Waals surface area (Å²) in [5, 5.41) is 14.5. The zero-order valence-electron chi connectivity index (χ0n) is 15.3. The number of ether oxygens (including phenoxy) is 1. The third-order valence-electron chi connectivity index (χ3n) is 3.84. The van der Waals surface area contributed by atoms with Crippen molar-refractivity contribution >= 4 is 23.2 Å². The topological polar surface area (TPSA) is 144 Å². The van der Waals surface area contributed by atoms with Gasteiger partial charge in [-0.3, -0.25) is 30.7 Å². The lowest BCUT2D eigenvalue weighted by Crippen LogP contribution is -2.30. The van der Waals surface area contributed by atoms with Gasteiger partial charge in [0.1, 0.15) is 12.1 Å². The van der Waals surface area contributed by atoms with Gasteiger partial charge in [0.15, 0.2) is 0 Å². The second-order valence-electron chi connectivity index (χ2n) is 5.70. The molecule has 148 valence electrons. The first-order chi connectivity index (χ1) is 14.1. The normalized spacial score (nSPS) is 10.1. The Balaban J connectivity index is 1.73. The average Bonchev–Trinajstić information content (AvgIpc) is 2.76. The molecule has 11 heteroatoms. The maximum atomic E-state index is 12.1. The minimum Gasteiger partial charge on any atom is -0.497 e. The van der Waals surface area contributed by atoms with E-state index in [2.05, 4.69) is 31.1 Å². The number of carbonyl (C=O) groups excluding carboxylic acids is 1. The van der Waals surface area contributed by atoms with Gasteiger partial charge in [0.25, 0.3) is 5.91 Å². The number of hydrogen-bond acceptors (Lipinski definition) is 9. The van der Waals surface area contributed by atoms with Crippen LogP contribution in [0.5, 0.6) is 5.75 Å². The summed E-state index contributed by atoms with van der Waals surface area (Å²) in [6, 6.07) is 10.4. The van der Waals surface area contributed by atoms with E-state index in [1.165, 1.54) is 12.4 Å². The molecule has 0 aliphatic rings. The van der Waals surface area contributed by atoms with Crippen LogP contribution in [0.2, 0.25) is 0 Å². The summed E-state index contributed by atoms with van der Waals surface area (Å²) in [6.07, 6.45) is 4.05. The number of nitrogens with one attached hydrogen (secondary N) is 3. The second kappa shape index (κ2) is 9.08. The number of nitro groups is 1. The van der Waals surface area contributed by atoms with Gasteiger partial charge in [-0.1, -0.05) is 12.1 Å². The van der Waals surface area contributed by atoms with Crippen LogP contribution in [0.4, 0.5) is 17.3 Å². The van der Waals surface area contributed by atoms with Crippen molar-refractivity contribution in [3.05, 3.63) is 76.4 Å². The Morgan fingerprint density at radius 1 is 1.17 bits per heavy atom. The molecule has 0 fully saturated rings. The molecule has 2 heterocycles. The molecule has 0 aliphatic carbocycles. The molecular formula is C18H17N7O4. The predicted molar refractivity (Wildman–Crippen MR) is 104 cm³/mol. The van der Waals surface area contributed by atoms with Crippen molar-refractivity contribution in [2.24, 2.45) is 0 Å². The molecule has 0 atom stereocenters. The molecule has 3 aromatic rings.